The van der Waals surface area contributed by atoms with E-state index in [1.807, 2.05) is 101 Å². The second-order valence-electron chi connectivity index (χ2n) is 17.7. The zero-order valence-corrected chi connectivity index (χ0v) is 39.9. The van der Waals surface area contributed by atoms with Crippen LogP contribution in [0.15, 0.2) is 129 Å². The molecule has 1 aliphatic heterocycles. The van der Waals surface area contributed by atoms with Crippen molar-refractivity contribution in [3.63, 3.8) is 0 Å². The van der Waals surface area contributed by atoms with Crippen molar-refractivity contribution < 1.29 is 28.4 Å². The highest BCUT2D eigenvalue weighted by atomic mass is 16.7. The summed E-state index contributed by atoms with van der Waals surface area (Å²) in [6.07, 6.45) is 24.0. The maximum atomic E-state index is 6.91. The van der Waals surface area contributed by atoms with Crippen molar-refractivity contribution in [2.45, 2.75) is 180 Å². The lowest BCUT2D eigenvalue weighted by Crippen LogP contribution is -2.61. The van der Waals surface area contributed by atoms with Crippen LogP contribution in [0.2, 0.25) is 0 Å². The first kappa shape index (κ1) is 51.6. The van der Waals surface area contributed by atoms with Crippen molar-refractivity contribution in [1.82, 2.24) is 30.0 Å². The van der Waals surface area contributed by atoms with Gasteiger partial charge in [0.25, 0.3) is 0 Å². The summed E-state index contributed by atoms with van der Waals surface area (Å²) < 4.78 is 44.4. The highest BCUT2D eigenvalue weighted by Crippen LogP contribution is 2.32. The molecule has 3 heterocycles. The number of ether oxygens (including phenoxy) is 6. The Morgan fingerprint density at radius 3 is 1.36 bits per heavy atom. The molecule has 0 radical (unpaired) electrons. The molecule has 5 aromatic rings. The first-order valence-corrected chi connectivity index (χ1v) is 25.0. The van der Waals surface area contributed by atoms with E-state index in [1.165, 1.54) is 77.0 Å². The average molecular weight is 917 g/mol. The zero-order valence-electron chi connectivity index (χ0n) is 39.9. The predicted octanol–water partition coefficient (Wildman–Crippen LogP) is 11.7. The van der Waals surface area contributed by atoms with Crippen LogP contribution in [0.5, 0.6) is 0 Å². The fourth-order valence-corrected chi connectivity index (χ4v) is 8.38. The van der Waals surface area contributed by atoms with Gasteiger partial charge in [-0.1, -0.05) is 178 Å². The first-order valence-electron chi connectivity index (χ1n) is 25.0. The second kappa shape index (κ2) is 31.3. The molecule has 3 aromatic carbocycles. The molecule has 2 aromatic heterocycles. The molecule has 0 bridgehead atoms. The van der Waals surface area contributed by atoms with E-state index in [1.54, 1.807) is 0 Å². The minimum Gasteiger partial charge on any atom is -0.372 e. The van der Waals surface area contributed by atoms with Gasteiger partial charge in [0.2, 0.25) is 0 Å². The van der Waals surface area contributed by atoms with Crippen LogP contribution < -0.4 is 0 Å². The summed E-state index contributed by atoms with van der Waals surface area (Å²) in [5, 5.41) is 17.8. The van der Waals surface area contributed by atoms with Crippen molar-refractivity contribution in [2.75, 3.05) is 6.61 Å². The molecule has 6 rings (SSSR count). The molecule has 1 fully saturated rings. The second-order valence-corrected chi connectivity index (χ2v) is 17.7. The largest absolute Gasteiger partial charge is 0.372 e. The molecule has 0 spiro atoms. The Hall–Kier alpha value is -4.82. The van der Waals surface area contributed by atoms with Crippen molar-refractivity contribution >= 4 is 0 Å². The topological polar surface area (TPSA) is 117 Å². The average Bonchev–Trinajstić information content (AvgIpc) is 4.03. The van der Waals surface area contributed by atoms with Gasteiger partial charge in [0, 0.05) is 13.1 Å². The molecule has 0 saturated carbocycles. The Balaban J connectivity index is 1.13. The van der Waals surface area contributed by atoms with E-state index in [2.05, 4.69) is 58.0 Å². The summed E-state index contributed by atoms with van der Waals surface area (Å²) in [5.41, 5.74) is 4.56. The van der Waals surface area contributed by atoms with Crippen LogP contribution in [-0.2, 0) is 74.5 Å². The molecule has 0 amide bonds. The third-order valence-corrected chi connectivity index (χ3v) is 12.1. The highest BCUT2D eigenvalue weighted by molar-refractivity contribution is 5.16. The lowest BCUT2D eigenvalue weighted by molar-refractivity contribution is -0.331. The Morgan fingerprint density at radius 1 is 0.463 bits per heavy atom. The molecule has 0 aliphatic carbocycles. The van der Waals surface area contributed by atoms with Gasteiger partial charge in [-0.25, -0.2) is 0 Å². The van der Waals surface area contributed by atoms with E-state index >= 15 is 0 Å². The number of benzene rings is 3. The molecule has 0 N–H and O–H groups in total. The molecule has 362 valence electrons. The van der Waals surface area contributed by atoms with Crippen molar-refractivity contribution in [3.05, 3.63) is 157 Å². The van der Waals surface area contributed by atoms with E-state index in [0.29, 0.717) is 25.5 Å². The van der Waals surface area contributed by atoms with Crippen LogP contribution in [0, 0.1) is 0 Å². The van der Waals surface area contributed by atoms with Gasteiger partial charge >= 0.3 is 0 Å². The Morgan fingerprint density at radius 2 is 0.881 bits per heavy atom. The molecule has 0 unspecified atom stereocenters. The smallest absolute Gasteiger partial charge is 0.187 e. The first-order chi connectivity index (χ1) is 33.2. The number of nitrogens with zero attached hydrogens (tertiary/aromatic N) is 6. The van der Waals surface area contributed by atoms with E-state index in [4.69, 9.17) is 28.4 Å². The summed E-state index contributed by atoms with van der Waals surface area (Å²) in [6, 6.07) is 30.4. The molecule has 1 aliphatic rings. The van der Waals surface area contributed by atoms with Gasteiger partial charge in [0.05, 0.1) is 52.0 Å². The van der Waals surface area contributed by atoms with Crippen LogP contribution in [0.1, 0.15) is 131 Å². The number of allylic oxidation sites excluding steroid dienone is 2. The monoisotopic (exact) mass is 917 g/mol. The molecule has 1 saturated heterocycles. The minimum absolute atomic E-state index is 0.175. The summed E-state index contributed by atoms with van der Waals surface area (Å²) in [4.78, 5) is 0. The molecule has 67 heavy (non-hydrogen) atoms. The van der Waals surface area contributed by atoms with E-state index in [0.717, 1.165) is 61.2 Å². The van der Waals surface area contributed by atoms with E-state index in [9.17, 15) is 0 Å². The minimum atomic E-state index is -0.848. The SMILES string of the molecule is C=CCCCCCCCCCn1cc(COC[C@H]2O[C@H](OCc3cn(CCCCCCCCCC=C)nn3)[C@H](OCc3ccccc3)[C@@H](OCc3ccccc3)[C@@H]2OCc2ccccc2)nn1. The lowest BCUT2D eigenvalue weighted by Gasteiger charge is -2.45. The normalized spacial score (nSPS) is 18.3. The fraction of sp³-hybridized carbons (Fsp3) is 0.527. The quantitative estimate of drug-likeness (QED) is 0.0284. The fourth-order valence-electron chi connectivity index (χ4n) is 8.38. The van der Waals surface area contributed by atoms with Crippen molar-refractivity contribution in [3.8, 4) is 0 Å². The molecule has 12 heteroatoms. The van der Waals surface area contributed by atoms with Crippen LogP contribution in [0.4, 0.5) is 0 Å². The third-order valence-electron chi connectivity index (χ3n) is 12.1. The Bertz CT molecular complexity index is 2030. The van der Waals surface area contributed by atoms with Crippen LogP contribution in [0.25, 0.3) is 0 Å². The predicted molar refractivity (Wildman–Crippen MR) is 262 cm³/mol. The Kier molecular flexibility index (Phi) is 24.1. The maximum absolute atomic E-state index is 6.91. The molecular formula is C55H76N6O6. The van der Waals surface area contributed by atoms with Gasteiger partial charge in [-0.3, -0.25) is 9.36 Å². The summed E-state index contributed by atoms with van der Waals surface area (Å²) >= 11 is 0. The molecule has 12 nitrogen and oxygen atoms in total. The molecule has 5 atom stereocenters. The van der Waals surface area contributed by atoms with Gasteiger partial charge in [-0.05, 0) is 55.2 Å². The number of aromatic nitrogens is 6. The highest BCUT2D eigenvalue weighted by Gasteiger charge is 2.49. The van der Waals surface area contributed by atoms with E-state index < -0.39 is 30.7 Å². The zero-order chi connectivity index (χ0) is 46.4. The van der Waals surface area contributed by atoms with Gasteiger partial charge in [-0.15, -0.1) is 23.4 Å². The van der Waals surface area contributed by atoms with Gasteiger partial charge in [0.15, 0.2) is 6.29 Å². The van der Waals surface area contributed by atoms with E-state index in [-0.39, 0.29) is 19.8 Å². The van der Waals surface area contributed by atoms with Gasteiger partial charge in [0.1, 0.15) is 35.8 Å². The number of aryl methyl sites for hydroxylation is 2. The summed E-state index contributed by atoms with van der Waals surface area (Å²) in [6.45, 7) is 10.9. The maximum Gasteiger partial charge on any atom is 0.187 e. The van der Waals surface area contributed by atoms with Crippen molar-refractivity contribution in [1.29, 1.82) is 0 Å². The van der Waals surface area contributed by atoms with Crippen LogP contribution >= 0.6 is 0 Å². The Labute approximate surface area is 400 Å². The number of rotatable bonds is 36. The molecular weight excluding hydrogens is 841 g/mol. The third kappa shape index (κ3) is 19.4. The van der Waals surface area contributed by atoms with Gasteiger partial charge in [-0.2, -0.15) is 0 Å². The van der Waals surface area contributed by atoms with Crippen LogP contribution in [-0.4, -0.2) is 67.3 Å². The van der Waals surface area contributed by atoms with Crippen molar-refractivity contribution in [2.24, 2.45) is 0 Å². The van der Waals surface area contributed by atoms with Crippen LogP contribution in [0.3, 0.4) is 0 Å². The number of hydrogen-bond donors (Lipinski definition) is 0. The lowest BCUT2D eigenvalue weighted by atomic mass is 9.97. The number of hydrogen-bond acceptors (Lipinski definition) is 10. The summed E-state index contributed by atoms with van der Waals surface area (Å²) in [7, 11) is 0. The summed E-state index contributed by atoms with van der Waals surface area (Å²) in [5.74, 6) is 0. The van der Waals surface area contributed by atoms with Gasteiger partial charge < -0.3 is 28.4 Å². The standard InChI is InChI=1S/C55H76N6O6/c1-3-5-7-9-11-13-15-17-28-36-60-38-49(56-58-60)43-62-45-51-52(63-40-46-30-22-19-23-31-46)53(64-41-47-32-24-20-25-33-47)54(65-42-48-34-26-21-27-35-48)55(67-51)66-44-50-39-61(59-57-50)37-29-18-16-14-12-10-8-6-4-2/h3-4,19-27,30-35,38-39,51-55H,1-2,5-18,28-29,36-37,40-45H2/t51-,52-,53+,54-,55+/m1/s1. The number of unbranched alkanes of at least 4 members (excludes halogenated alkanes) is 14.